The average Bonchev–Trinajstić information content (AvgIpc) is 2.35. The van der Waals surface area contributed by atoms with E-state index < -0.39 is 12.6 Å². The summed E-state index contributed by atoms with van der Waals surface area (Å²) in [6.45, 7) is 3.73. The summed E-state index contributed by atoms with van der Waals surface area (Å²) in [6.07, 6.45) is -2.36. The maximum atomic E-state index is 11.9. The average molecular weight is 276 g/mol. The molecule has 1 aromatic heterocycles. The minimum absolute atomic E-state index is 0.0261. The van der Waals surface area contributed by atoms with Gasteiger partial charge in [0.2, 0.25) is 5.88 Å². The molecule has 19 heavy (non-hydrogen) atoms. The Hall–Kier alpha value is -1.30. The third-order valence-corrected chi connectivity index (χ3v) is 2.41. The van der Waals surface area contributed by atoms with E-state index in [0.717, 1.165) is 18.5 Å². The summed E-state index contributed by atoms with van der Waals surface area (Å²) in [6, 6.07) is 3.60. The number of alkyl halides is 3. The predicted octanol–water partition coefficient (Wildman–Crippen LogP) is 3.30. The van der Waals surface area contributed by atoms with Crippen molar-refractivity contribution in [3.8, 4) is 5.88 Å². The van der Waals surface area contributed by atoms with Gasteiger partial charge < -0.3 is 10.1 Å². The molecule has 0 atom stereocenters. The van der Waals surface area contributed by atoms with Gasteiger partial charge in [0.15, 0.2) is 0 Å². The van der Waals surface area contributed by atoms with E-state index in [0.29, 0.717) is 12.4 Å². The highest BCUT2D eigenvalue weighted by molar-refractivity contribution is 5.20. The summed E-state index contributed by atoms with van der Waals surface area (Å²) >= 11 is 0. The highest BCUT2D eigenvalue weighted by Crippen LogP contribution is 2.21. The van der Waals surface area contributed by atoms with Crippen LogP contribution in [0.25, 0.3) is 0 Å². The number of ether oxygens (including phenoxy) is 1. The fourth-order valence-electron chi connectivity index (χ4n) is 1.50. The molecule has 1 heterocycles. The first-order chi connectivity index (χ1) is 9.01. The van der Waals surface area contributed by atoms with Crippen LogP contribution in [0.3, 0.4) is 0 Å². The molecule has 1 aromatic rings. The SMILES string of the molecule is CCCNCc1ccnc(OCCCC(F)(F)F)c1. The van der Waals surface area contributed by atoms with Crippen LogP contribution in [-0.4, -0.2) is 24.3 Å². The van der Waals surface area contributed by atoms with Crippen molar-refractivity contribution < 1.29 is 17.9 Å². The number of pyridine rings is 1. The predicted molar refractivity (Wildman–Crippen MR) is 67.0 cm³/mol. The number of halogens is 3. The first-order valence-electron chi connectivity index (χ1n) is 6.36. The molecule has 0 radical (unpaired) electrons. The summed E-state index contributed by atoms with van der Waals surface area (Å²) < 4.78 is 41.0. The van der Waals surface area contributed by atoms with Gasteiger partial charge in [-0.05, 0) is 31.0 Å². The molecule has 108 valence electrons. The van der Waals surface area contributed by atoms with E-state index in [-0.39, 0.29) is 13.0 Å². The van der Waals surface area contributed by atoms with Crippen molar-refractivity contribution in [3.63, 3.8) is 0 Å². The Morgan fingerprint density at radius 3 is 2.84 bits per heavy atom. The molecule has 0 aromatic carbocycles. The van der Waals surface area contributed by atoms with Gasteiger partial charge in [-0.2, -0.15) is 13.2 Å². The maximum Gasteiger partial charge on any atom is 0.389 e. The van der Waals surface area contributed by atoms with Gasteiger partial charge in [-0.15, -0.1) is 0 Å². The fraction of sp³-hybridized carbons (Fsp3) is 0.615. The zero-order valence-electron chi connectivity index (χ0n) is 11.0. The molecule has 3 nitrogen and oxygen atoms in total. The Balaban J connectivity index is 2.31. The number of hydrogen-bond acceptors (Lipinski definition) is 3. The van der Waals surface area contributed by atoms with Crippen molar-refractivity contribution in [1.29, 1.82) is 0 Å². The van der Waals surface area contributed by atoms with Crippen LogP contribution in [0.2, 0.25) is 0 Å². The van der Waals surface area contributed by atoms with E-state index in [1.807, 2.05) is 6.07 Å². The van der Waals surface area contributed by atoms with Gasteiger partial charge in [0.1, 0.15) is 0 Å². The minimum atomic E-state index is -4.12. The Bertz CT molecular complexity index is 369. The summed E-state index contributed by atoms with van der Waals surface area (Å²) in [4.78, 5) is 3.97. The van der Waals surface area contributed by atoms with E-state index in [9.17, 15) is 13.2 Å². The van der Waals surface area contributed by atoms with Crippen LogP contribution in [0.1, 0.15) is 31.7 Å². The van der Waals surface area contributed by atoms with E-state index in [1.165, 1.54) is 0 Å². The second-order valence-corrected chi connectivity index (χ2v) is 4.25. The monoisotopic (exact) mass is 276 g/mol. The van der Waals surface area contributed by atoms with Crippen molar-refractivity contribution in [3.05, 3.63) is 23.9 Å². The highest BCUT2D eigenvalue weighted by Gasteiger charge is 2.26. The van der Waals surface area contributed by atoms with Crippen LogP contribution >= 0.6 is 0 Å². The Morgan fingerprint density at radius 1 is 1.37 bits per heavy atom. The van der Waals surface area contributed by atoms with Gasteiger partial charge in [0.05, 0.1) is 6.61 Å². The van der Waals surface area contributed by atoms with Crippen LogP contribution in [0.15, 0.2) is 18.3 Å². The van der Waals surface area contributed by atoms with Gasteiger partial charge in [0.25, 0.3) is 0 Å². The van der Waals surface area contributed by atoms with Crippen LogP contribution in [0.5, 0.6) is 5.88 Å². The van der Waals surface area contributed by atoms with E-state index in [1.54, 1.807) is 12.3 Å². The number of rotatable bonds is 8. The van der Waals surface area contributed by atoms with Crippen LogP contribution < -0.4 is 10.1 Å². The van der Waals surface area contributed by atoms with Crippen LogP contribution in [0.4, 0.5) is 13.2 Å². The molecule has 0 bridgehead atoms. The molecule has 0 spiro atoms. The second kappa shape index (κ2) is 7.99. The standard InChI is InChI=1S/C13H19F3N2O/c1-2-6-17-10-11-4-7-18-12(9-11)19-8-3-5-13(14,15)16/h4,7,9,17H,2-3,5-6,8,10H2,1H3. The zero-order chi connectivity index (χ0) is 14.1. The van der Waals surface area contributed by atoms with Gasteiger partial charge in [-0.3, -0.25) is 0 Å². The third kappa shape index (κ3) is 7.66. The van der Waals surface area contributed by atoms with Crippen LogP contribution in [0, 0.1) is 0 Å². The molecule has 0 fully saturated rings. The Labute approximate surface area is 111 Å². The van der Waals surface area contributed by atoms with Crippen molar-refractivity contribution in [2.24, 2.45) is 0 Å². The number of nitrogens with zero attached hydrogens (tertiary/aromatic N) is 1. The first-order valence-corrected chi connectivity index (χ1v) is 6.36. The van der Waals surface area contributed by atoms with Crippen molar-refractivity contribution in [2.75, 3.05) is 13.2 Å². The molecular formula is C13H19F3N2O. The molecule has 1 rings (SSSR count). The first kappa shape index (κ1) is 15.8. The summed E-state index contributed by atoms with van der Waals surface area (Å²) in [5.74, 6) is 0.373. The lowest BCUT2D eigenvalue weighted by molar-refractivity contribution is -0.136. The van der Waals surface area contributed by atoms with Crippen molar-refractivity contribution in [2.45, 2.75) is 38.9 Å². The summed E-state index contributed by atoms with van der Waals surface area (Å²) in [7, 11) is 0. The molecule has 0 saturated carbocycles. The van der Waals surface area contributed by atoms with Gasteiger partial charge in [-0.1, -0.05) is 6.92 Å². The van der Waals surface area contributed by atoms with Crippen LogP contribution in [-0.2, 0) is 6.54 Å². The van der Waals surface area contributed by atoms with Gasteiger partial charge in [-0.25, -0.2) is 4.98 Å². The molecule has 1 N–H and O–H groups in total. The molecule has 6 heteroatoms. The lowest BCUT2D eigenvalue weighted by Crippen LogP contribution is -2.14. The minimum Gasteiger partial charge on any atom is -0.478 e. The summed E-state index contributed by atoms with van der Waals surface area (Å²) in [5.41, 5.74) is 1.01. The Kier molecular flexibility index (Phi) is 6.62. The van der Waals surface area contributed by atoms with E-state index in [4.69, 9.17) is 4.74 Å². The van der Waals surface area contributed by atoms with Crippen molar-refractivity contribution >= 4 is 0 Å². The zero-order valence-corrected chi connectivity index (χ0v) is 11.0. The van der Waals surface area contributed by atoms with E-state index >= 15 is 0 Å². The normalized spacial score (nSPS) is 11.6. The largest absolute Gasteiger partial charge is 0.478 e. The molecule has 0 aliphatic carbocycles. The topological polar surface area (TPSA) is 34.2 Å². The Morgan fingerprint density at radius 2 is 2.16 bits per heavy atom. The number of hydrogen-bond donors (Lipinski definition) is 1. The maximum absolute atomic E-state index is 11.9. The number of aromatic nitrogens is 1. The third-order valence-electron chi connectivity index (χ3n) is 2.41. The lowest BCUT2D eigenvalue weighted by Gasteiger charge is -2.09. The van der Waals surface area contributed by atoms with Crippen molar-refractivity contribution in [1.82, 2.24) is 10.3 Å². The molecule has 0 unspecified atom stereocenters. The van der Waals surface area contributed by atoms with Gasteiger partial charge >= 0.3 is 6.18 Å². The molecule has 0 amide bonds. The second-order valence-electron chi connectivity index (χ2n) is 4.25. The quantitative estimate of drug-likeness (QED) is 0.740. The molecular weight excluding hydrogens is 257 g/mol. The molecule has 0 aliphatic rings. The van der Waals surface area contributed by atoms with E-state index in [2.05, 4.69) is 17.2 Å². The lowest BCUT2D eigenvalue weighted by atomic mass is 10.2. The molecule has 0 saturated heterocycles. The fourth-order valence-corrected chi connectivity index (χ4v) is 1.50. The smallest absolute Gasteiger partial charge is 0.389 e. The highest BCUT2D eigenvalue weighted by atomic mass is 19.4. The number of nitrogens with one attached hydrogen (secondary N) is 1. The van der Waals surface area contributed by atoms with Gasteiger partial charge in [0, 0.05) is 25.2 Å². The molecule has 0 aliphatic heterocycles. The summed E-state index contributed by atoms with van der Waals surface area (Å²) in [5, 5.41) is 3.23.